The zero-order chi connectivity index (χ0) is 12.3. The molecule has 0 saturated carbocycles. The minimum Gasteiger partial charge on any atom is -0.379 e. The highest BCUT2D eigenvalue weighted by atomic mass is 16.5. The monoisotopic (exact) mass is 241 g/mol. The van der Waals surface area contributed by atoms with Gasteiger partial charge >= 0.3 is 0 Å². The van der Waals surface area contributed by atoms with Gasteiger partial charge in [-0.05, 0) is 6.42 Å². The van der Waals surface area contributed by atoms with E-state index < -0.39 is 6.04 Å². The lowest BCUT2D eigenvalue weighted by molar-refractivity contribution is -0.149. The van der Waals surface area contributed by atoms with Crippen LogP contribution in [0.5, 0.6) is 0 Å². The van der Waals surface area contributed by atoms with Crippen molar-refractivity contribution in [2.45, 2.75) is 18.9 Å². The van der Waals surface area contributed by atoms with E-state index in [1.165, 1.54) is 4.90 Å². The maximum absolute atomic E-state index is 11.7. The second-order valence-corrected chi connectivity index (χ2v) is 4.48. The summed E-state index contributed by atoms with van der Waals surface area (Å²) in [6, 6.07) is -0.502. The van der Waals surface area contributed by atoms with E-state index in [2.05, 4.69) is 4.90 Å². The van der Waals surface area contributed by atoms with Crippen LogP contribution in [0.4, 0.5) is 0 Å². The van der Waals surface area contributed by atoms with Crippen LogP contribution in [0, 0.1) is 0 Å². The molecule has 2 heterocycles. The minimum atomic E-state index is -0.502. The van der Waals surface area contributed by atoms with Crippen LogP contribution in [0.3, 0.4) is 0 Å². The molecule has 6 nitrogen and oxygen atoms in total. The Morgan fingerprint density at radius 1 is 1.24 bits per heavy atom. The Kier molecular flexibility index (Phi) is 4.09. The Morgan fingerprint density at radius 3 is 2.65 bits per heavy atom. The quantitative estimate of drug-likeness (QED) is 0.628. The van der Waals surface area contributed by atoms with Crippen molar-refractivity contribution in [1.29, 1.82) is 0 Å². The fourth-order valence-corrected chi connectivity index (χ4v) is 2.16. The van der Waals surface area contributed by atoms with Crippen molar-refractivity contribution >= 4 is 11.8 Å². The lowest BCUT2D eigenvalue weighted by Gasteiger charge is -2.32. The number of hydrogen-bond acceptors (Lipinski definition) is 5. The van der Waals surface area contributed by atoms with Crippen molar-refractivity contribution in [2.24, 2.45) is 5.73 Å². The molecule has 1 atom stereocenters. The lowest BCUT2D eigenvalue weighted by Crippen LogP contribution is -2.53. The first kappa shape index (κ1) is 12.5. The molecule has 17 heavy (non-hydrogen) atoms. The number of imide groups is 1. The van der Waals surface area contributed by atoms with Crippen molar-refractivity contribution in [2.75, 3.05) is 39.4 Å². The SMILES string of the molecule is N[C@H]1CCC(=O)N(CCN2CCOCC2)C1=O. The topological polar surface area (TPSA) is 75.9 Å². The van der Waals surface area contributed by atoms with Crippen LogP contribution < -0.4 is 5.73 Å². The average Bonchev–Trinajstić information content (AvgIpc) is 2.35. The number of nitrogens with two attached hydrogens (primary N) is 1. The Bertz CT molecular complexity index is 302. The number of likely N-dealkylation sites (tertiary alicyclic amines) is 1. The highest BCUT2D eigenvalue weighted by molar-refractivity contribution is 6.00. The first-order valence-corrected chi connectivity index (χ1v) is 6.08. The fourth-order valence-electron chi connectivity index (χ4n) is 2.16. The van der Waals surface area contributed by atoms with Crippen molar-refractivity contribution in [3.05, 3.63) is 0 Å². The number of nitrogens with zero attached hydrogens (tertiary/aromatic N) is 2. The number of carbonyl (C=O) groups excluding carboxylic acids is 2. The molecule has 0 unspecified atom stereocenters. The van der Waals surface area contributed by atoms with Crippen molar-refractivity contribution in [1.82, 2.24) is 9.80 Å². The number of rotatable bonds is 3. The van der Waals surface area contributed by atoms with Gasteiger partial charge in [-0.25, -0.2) is 0 Å². The molecular weight excluding hydrogens is 222 g/mol. The summed E-state index contributed by atoms with van der Waals surface area (Å²) < 4.78 is 5.24. The van der Waals surface area contributed by atoms with Crippen LogP contribution in [-0.2, 0) is 14.3 Å². The predicted molar refractivity (Wildman–Crippen MR) is 61.2 cm³/mol. The molecule has 0 radical (unpaired) electrons. The van der Waals surface area contributed by atoms with E-state index in [0.717, 1.165) is 26.3 Å². The fraction of sp³-hybridized carbons (Fsp3) is 0.818. The summed E-state index contributed by atoms with van der Waals surface area (Å²) in [6.45, 7) is 4.34. The predicted octanol–water partition coefficient (Wildman–Crippen LogP) is -1.21. The van der Waals surface area contributed by atoms with Gasteiger partial charge in [0, 0.05) is 32.6 Å². The van der Waals surface area contributed by atoms with E-state index >= 15 is 0 Å². The van der Waals surface area contributed by atoms with Crippen LogP contribution in [0.2, 0.25) is 0 Å². The summed E-state index contributed by atoms with van der Waals surface area (Å²) in [4.78, 5) is 26.9. The molecule has 2 fully saturated rings. The number of hydrogen-bond donors (Lipinski definition) is 1. The van der Waals surface area contributed by atoms with Gasteiger partial charge in [-0.2, -0.15) is 0 Å². The normalized spacial score (nSPS) is 27.6. The first-order valence-electron chi connectivity index (χ1n) is 6.08. The van der Waals surface area contributed by atoms with Crippen LogP contribution in [-0.4, -0.2) is 67.0 Å². The van der Waals surface area contributed by atoms with Crippen LogP contribution in [0.1, 0.15) is 12.8 Å². The van der Waals surface area contributed by atoms with Gasteiger partial charge in [0.25, 0.3) is 0 Å². The Labute approximate surface area is 101 Å². The molecule has 6 heteroatoms. The Morgan fingerprint density at radius 2 is 1.94 bits per heavy atom. The van der Waals surface area contributed by atoms with E-state index in [1.54, 1.807) is 0 Å². The van der Waals surface area contributed by atoms with Crippen LogP contribution >= 0.6 is 0 Å². The first-order chi connectivity index (χ1) is 8.18. The minimum absolute atomic E-state index is 0.0926. The molecule has 2 aliphatic heterocycles. The van der Waals surface area contributed by atoms with Crippen molar-refractivity contribution in [3.8, 4) is 0 Å². The second-order valence-electron chi connectivity index (χ2n) is 4.48. The van der Waals surface area contributed by atoms with E-state index in [4.69, 9.17) is 10.5 Å². The van der Waals surface area contributed by atoms with Gasteiger partial charge < -0.3 is 10.5 Å². The number of morpholine rings is 1. The van der Waals surface area contributed by atoms with Crippen LogP contribution in [0.15, 0.2) is 0 Å². The third-order valence-corrected chi connectivity index (χ3v) is 3.30. The van der Waals surface area contributed by atoms with Gasteiger partial charge in [0.15, 0.2) is 0 Å². The summed E-state index contributed by atoms with van der Waals surface area (Å²) >= 11 is 0. The van der Waals surface area contributed by atoms with Gasteiger partial charge in [0.1, 0.15) is 0 Å². The smallest absolute Gasteiger partial charge is 0.246 e. The average molecular weight is 241 g/mol. The number of piperidine rings is 1. The molecular formula is C11H19N3O3. The molecule has 2 rings (SSSR count). The summed E-state index contributed by atoms with van der Waals surface area (Å²) in [5.74, 6) is -0.320. The van der Waals surface area contributed by atoms with Gasteiger partial charge in [-0.3, -0.25) is 19.4 Å². The highest BCUT2D eigenvalue weighted by Gasteiger charge is 2.31. The molecule has 0 bridgehead atoms. The summed E-state index contributed by atoms with van der Waals surface area (Å²) in [7, 11) is 0. The second kappa shape index (κ2) is 5.57. The highest BCUT2D eigenvalue weighted by Crippen LogP contribution is 2.11. The molecule has 0 aliphatic carbocycles. The summed E-state index contributed by atoms with van der Waals surface area (Å²) in [5, 5.41) is 0. The van der Waals surface area contributed by atoms with Gasteiger partial charge in [0.05, 0.1) is 19.3 Å². The third-order valence-electron chi connectivity index (χ3n) is 3.30. The molecule has 2 amide bonds. The van der Waals surface area contributed by atoms with E-state index in [-0.39, 0.29) is 11.8 Å². The van der Waals surface area contributed by atoms with E-state index in [9.17, 15) is 9.59 Å². The number of carbonyl (C=O) groups is 2. The number of ether oxygens (including phenoxy) is 1. The van der Waals surface area contributed by atoms with Crippen LogP contribution in [0.25, 0.3) is 0 Å². The maximum Gasteiger partial charge on any atom is 0.246 e. The molecule has 0 aromatic rings. The molecule has 2 aliphatic rings. The summed E-state index contributed by atoms with van der Waals surface area (Å²) in [6.07, 6.45) is 0.863. The summed E-state index contributed by atoms with van der Waals surface area (Å²) in [5.41, 5.74) is 5.66. The van der Waals surface area contributed by atoms with Gasteiger partial charge in [-0.1, -0.05) is 0 Å². The zero-order valence-electron chi connectivity index (χ0n) is 9.93. The molecule has 2 saturated heterocycles. The molecule has 0 aromatic heterocycles. The standard InChI is InChI=1S/C11H19N3O3/c12-9-1-2-10(15)14(11(9)16)4-3-13-5-7-17-8-6-13/h9H,1-8,12H2/t9-/m0/s1. The number of amides is 2. The lowest BCUT2D eigenvalue weighted by atomic mass is 10.1. The molecule has 0 aromatic carbocycles. The van der Waals surface area contributed by atoms with Crippen molar-refractivity contribution < 1.29 is 14.3 Å². The Balaban J connectivity index is 1.83. The maximum atomic E-state index is 11.7. The molecule has 0 spiro atoms. The van der Waals surface area contributed by atoms with E-state index in [0.29, 0.717) is 25.9 Å². The van der Waals surface area contributed by atoms with Gasteiger partial charge in [-0.15, -0.1) is 0 Å². The zero-order valence-corrected chi connectivity index (χ0v) is 9.93. The third kappa shape index (κ3) is 3.02. The van der Waals surface area contributed by atoms with Crippen molar-refractivity contribution in [3.63, 3.8) is 0 Å². The van der Waals surface area contributed by atoms with Gasteiger partial charge in [0.2, 0.25) is 11.8 Å². The Hall–Kier alpha value is -0.980. The molecule has 2 N–H and O–H groups in total. The molecule has 96 valence electrons. The largest absolute Gasteiger partial charge is 0.379 e. The van der Waals surface area contributed by atoms with E-state index in [1.807, 2.05) is 0 Å².